The van der Waals surface area contributed by atoms with Crippen molar-refractivity contribution in [3.8, 4) is 5.75 Å². The normalized spacial score (nSPS) is 20.9. The lowest BCUT2D eigenvalue weighted by molar-refractivity contribution is 0.242. The molecule has 1 saturated heterocycles. The number of phenols is 1. The van der Waals surface area contributed by atoms with E-state index in [1.54, 1.807) is 6.07 Å². The SMILES string of the molecule is CNCC1CCCN1Cc1ccc(O)c(Cl)c1. The number of hydrogen-bond acceptors (Lipinski definition) is 3. The second kappa shape index (κ2) is 5.71. The van der Waals surface area contributed by atoms with E-state index in [2.05, 4.69) is 10.2 Å². The van der Waals surface area contributed by atoms with E-state index in [1.807, 2.05) is 19.2 Å². The van der Waals surface area contributed by atoms with Crippen LogP contribution in [0.5, 0.6) is 5.75 Å². The number of likely N-dealkylation sites (N-methyl/N-ethyl adjacent to an activating group) is 1. The predicted octanol–water partition coefficient (Wildman–Crippen LogP) is 2.23. The second-order valence-corrected chi connectivity index (χ2v) is 5.02. The molecule has 1 heterocycles. The molecule has 3 nitrogen and oxygen atoms in total. The highest BCUT2D eigenvalue weighted by Gasteiger charge is 2.23. The summed E-state index contributed by atoms with van der Waals surface area (Å²) in [5.74, 6) is 0.156. The van der Waals surface area contributed by atoms with Crippen LogP contribution in [0.1, 0.15) is 18.4 Å². The number of rotatable bonds is 4. The summed E-state index contributed by atoms with van der Waals surface area (Å²) in [6.45, 7) is 3.09. The Hall–Kier alpha value is -0.770. The topological polar surface area (TPSA) is 35.5 Å². The number of likely N-dealkylation sites (tertiary alicyclic amines) is 1. The summed E-state index contributed by atoms with van der Waals surface area (Å²) in [4.78, 5) is 2.47. The maximum atomic E-state index is 9.39. The zero-order valence-corrected chi connectivity index (χ0v) is 10.9. The van der Waals surface area contributed by atoms with Crippen LogP contribution in [0, 0.1) is 0 Å². The Kier molecular flexibility index (Phi) is 4.26. The smallest absolute Gasteiger partial charge is 0.134 e. The van der Waals surface area contributed by atoms with Crippen molar-refractivity contribution in [1.29, 1.82) is 0 Å². The summed E-state index contributed by atoms with van der Waals surface area (Å²) < 4.78 is 0. The van der Waals surface area contributed by atoms with E-state index in [0.29, 0.717) is 11.1 Å². The molecular formula is C13H19ClN2O. The number of benzene rings is 1. The third-order valence-electron chi connectivity index (χ3n) is 3.34. The minimum absolute atomic E-state index is 0.156. The molecule has 0 bridgehead atoms. The maximum absolute atomic E-state index is 9.39. The summed E-state index contributed by atoms with van der Waals surface area (Å²) >= 11 is 5.92. The fourth-order valence-electron chi connectivity index (χ4n) is 2.45. The maximum Gasteiger partial charge on any atom is 0.134 e. The molecule has 0 saturated carbocycles. The average molecular weight is 255 g/mol. The Bertz CT molecular complexity index is 384. The summed E-state index contributed by atoms with van der Waals surface area (Å²) in [7, 11) is 1.99. The molecule has 1 aliphatic rings. The van der Waals surface area contributed by atoms with Crippen LogP contribution in [0.3, 0.4) is 0 Å². The Balaban J connectivity index is 2.02. The zero-order valence-electron chi connectivity index (χ0n) is 10.1. The highest BCUT2D eigenvalue weighted by atomic mass is 35.5. The molecule has 1 aliphatic heterocycles. The fraction of sp³-hybridized carbons (Fsp3) is 0.538. The number of hydrogen-bond donors (Lipinski definition) is 2. The molecule has 1 aromatic carbocycles. The van der Waals surface area contributed by atoms with Crippen molar-refractivity contribution in [3.63, 3.8) is 0 Å². The van der Waals surface area contributed by atoms with Crippen molar-refractivity contribution in [1.82, 2.24) is 10.2 Å². The first-order chi connectivity index (χ1) is 8.20. The molecule has 0 spiro atoms. The van der Waals surface area contributed by atoms with E-state index < -0.39 is 0 Å². The number of phenolic OH excluding ortho intramolecular Hbond substituents is 1. The highest BCUT2D eigenvalue weighted by Crippen LogP contribution is 2.26. The van der Waals surface area contributed by atoms with Gasteiger partial charge in [-0.2, -0.15) is 0 Å². The van der Waals surface area contributed by atoms with Crippen molar-refractivity contribution >= 4 is 11.6 Å². The van der Waals surface area contributed by atoms with Gasteiger partial charge in [-0.1, -0.05) is 17.7 Å². The molecule has 1 aromatic rings. The molecule has 0 aromatic heterocycles. The summed E-state index contributed by atoms with van der Waals surface area (Å²) in [5, 5.41) is 13.1. The van der Waals surface area contributed by atoms with Crippen LogP contribution in [-0.4, -0.2) is 36.2 Å². The van der Waals surface area contributed by atoms with Crippen LogP contribution in [0.4, 0.5) is 0 Å². The van der Waals surface area contributed by atoms with Gasteiger partial charge in [0.2, 0.25) is 0 Å². The van der Waals surface area contributed by atoms with Gasteiger partial charge in [0.25, 0.3) is 0 Å². The van der Waals surface area contributed by atoms with Gasteiger partial charge >= 0.3 is 0 Å². The third-order valence-corrected chi connectivity index (χ3v) is 3.64. The van der Waals surface area contributed by atoms with Gasteiger partial charge in [0, 0.05) is 19.1 Å². The fourth-order valence-corrected chi connectivity index (χ4v) is 2.66. The highest BCUT2D eigenvalue weighted by molar-refractivity contribution is 6.32. The van der Waals surface area contributed by atoms with Crippen molar-refractivity contribution in [3.05, 3.63) is 28.8 Å². The standard InChI is InChI=1S/C13H19ClN2O/c1-15-8-11-3-2-6-16(11)9-10-4-5-13(17)12(14)7-10/h4-5,7,11,15,17H,2-3,6,8-9H2,1H3. The number of aromatic hydroxyl groups is 1. The van der Waals surface area contributed by atoms with E-state index in [9.17, 15) is 5.11 Å². The number of nitrogens with one attached hydrogen (secondary N) is 1. The lowest BCUT2D eigenvalue weighted by Crippen LogP contribution is -2.36. The van der Waals surface area contributed by atoms with Gasteiger partial charge in [0.1, 0.15) is 5.75 Å². The van der Waals surface area contributed by atoms with Crippen molar-refractivity contribution in [2.75, 3.05) is 20.1 Å². The Morgan fingerprint density at radius 1 is 1.53 bits per heavy atom. The Morgan fingerprint density at radius 2 is 2.35 bits per heavy atom. The molecule has 2 N–H and O–H groups in total. The van der Waals surface area contributed by atoms with Gasteiger partial charge in [0.05, 0.1) is 5.02 Å². The van der Waals surface area contributed by atoms with Gasteiger partial charge in [0.15, 0.2) is 0 Å². The Labute approximate surface area is 107 Å². The minimum atomic E-state index is 0.156. The number of halogens is 1. The molecule has 0 amide bonds. The molecule has 1 unspecified atom stereocenters. The summed E-state index contributed by atoms with van der Waals surface area (Å²) in [6.07, 6.45) is 2.52. The molecule has 17 heavy (non-hydrogen) atoms. The van der Waals surface area contributed by atoms with Gasteiger partial charge in [-0.05, 0) is 44.1 Å². The Morgan fingerprint density at radius 3 is 3.06 bits per heavy atom. The van der Waals surface area contributed by atoms with Crippen molar-refractivity contribution in [2.45, 2.75) is 25.4 Å². The van der Waals surface area contributed by atoms with Gasteiger partial charge in [-0.15, -0.1) is 0 Å². The van der Waals surface area contributed by atoms with Crippen LogP contribution in [0.2, 0.25) is 5.02 Å². The molecule has 0 radical (unpaired) electrons. The first-order valence-electron chi connectivity index (χ1n) is 6.06. The van der Waals surface area contributed by atoms with E-state index in [-0.39, 0.29) is 5.75 Å². The molecule has 94 valence electrons. The molecule has 1 fully saturated rings. The third kappa shape index (κ3) is 3.12. The van der Waals surface area contributed by atoms with Gasteiger partial charge in [-0.25, -0.2) is 0 Å². The van der Waals surface area contributed by atoms with E-state index in [4.69, 9.17) is 11.6 Å². The summed E-state index contributed by atoms with van der Waals surface area (Å²) in [5.41, 5.74) is 1.16. The number of nitrogens with zero attached hydrogens (tertiary/aromatic N) is 1. The lowest BCUT2D eigenvalue weighted by Gasteiger charge is -2.24. The molecule has 2 rings (SSSR count). The van der Waals surface area contributed by atoms with Gasteiger partial charge in [-0.3, -0.25) is 4.90 Å². The lowest BCUT2D eigenvalue weighted by atomic mass is 10.1. The zero-order chi connectivity index (χ0) is 12.3. The molecule has 4 heteroatoms. The van der Waals surface area contributed by atoms with E-state index in [1.165, 1.54) is 12.8 Å². The van der Waals surface area contributed by atoms with Crippen LogP contribution in [0.15, 0.2) is 18.2 Å². The molecular weight excluding hydrogens is 236 g/mol. The van der Waals surface area contributed by atoms with Crippen LogP contribution in [-0.2, 0) is 6.54 Å². The minimum Gasteiger partial charge on any atom is -0.506 e. The average Bonchev–Trinajstić information content (AvgIpc) is 2.72. The molecule has 1 atom stereocenters. The first-order valence-corrected chi connectivity index (χ1v) is 6.44. The quantitative estimate of drug-likeness (QED) is 0.865. The van der Waals surface area contributed by atoms with Crippen molar-refractivity contribution < 1.29 is 5.11 Å². The summed E-state index contributed by atoms with van der Waals surface area (Å²) in [6, 6.07) is 6.08. The first kappa shape index (κ1) is 12.7. The van der Waals surface area contributed by atoms with Crippen LogP contribution in [0.25, 0.3) is 0 Å². The van der Waals surface area contributed by atoms with Gasteiger partial charge < -0.3 is 10.4 Å². The van der Waals surface area contributed by atoms with E-state index >= 15 is 0 Å². The van der Waals surface area contributed by atoms with Crippen LogP contribution >= 0.6 is 11.6 Å². The predicted molar refractivity (Wildman–Crippen MR) is 70.5 cm³/mol. The largest absolute Gasteiger partial charge is 0.506 e. The monoisotopic (exact) mass is 254 g/mol. The van der Waals surface area contributed by atoms with Crippen molar-refractivity contribution in [2.24, 2.45) is 0 Å². The molecule has 0 aliphatic carbocycles. The van der Waals surface area contributed by atoms with E-state index in [0.717, 1.165) is 25.2 Å². The van der Waals surface area contributed by atoms with Crippen LogP contribution < -0.4 is 5.32 Å². The second-order valence-electron chi connectivity index (χ2n) is 4.61.